The minimum Gasteiger partial charge on any atom is -0.351 e. The van der Waals surface area contributed by atoms with E-state index in [-0.39, 0.29) is 16.3 Å². The van der Waals surface area contributed by atoms with Crippen LogP contribution in [0.15, 0.2) is 30.6 Å². The molecule has 144 valence electrons. The van der Waals surface area contributed by atoms with Crippen molar-refractivity contribution in [3.05, 3.63) is 46.7 Å². The van der Waals surface area contributed by atoms with Crippen LogP contribution >= 0.6 is 11.6 Å². The number of carbonyl (C=O) groups is 1. The zero-order chi connectivity index (χ0) is 19.4. The lowest BCUT2D eigenvalue weighted by Gasteiger charge is -2.22. The normalized spacial score (nSPS) is 15.4. The predicted octanol–water partition coefficient (Wildman–Crippen LogP) is 5.15. The molecule has 9 heteroatoms. The molecule has 27 heavy (non-hydrogen) atoms. The Morgan fingerprint density at radius 3 is 2.41 bits per heavy atom. The van der Waals surface area contributed by atoms with Crippen molar-refractivity contribution in [1.29, 1.82) is 0 Å². The van der Waals surface area contributed by atoms with Crippen LogP contribution < -0.4 is 10.6 Å². The first-order valence-corrected chi connectivity index (χ1v) is 8.97. The number of benzene rings is 1. The van der Waals surface area contributed by atoms with Gasteiger partial charge in [-0.15, -0.1) is 0 Å². The van der Waals surface area contributed by atoms with Crippen LogP contribution in [0.3, 0.4) is 0 Å². The Bertz CT molecular complexity index is 805. The van der Waals surface area contributed by atoms with E-state index in [1.54, 1.807) is 0 Å². The summed E-state index contributed by atoms with van der Waals surface area (Å²) in [7, 11) is 0. The minimum absolute atomic E-state index is 0.0623. The molecule has 3 rings (SSSR count). The highest BCUT2D eigenvalue weighted by Crippen LogP contribution is 2.36. The fourth-order valence-electron chi connectivity index (χ4n) is 3.00. The highest BCUT2D eigenvalue weighted by molar-refractivity contribution is 6.30. The maximum absolute atomic E-state index is 13.1. The number of aromatic nitrogens is 2. The molecule has 1 fully saturated rings. The molecule has 0 radical (unpaired) electrons. The fraction of sp³-hybridized carbons (Fsp3) is 0.389. The Morgan fingerprint density at radius 1 is 1.11 bits per heavy atom. The molecule has 1 aliphatic carbocycles. The van der Waals surface area contributed by atoms with Crippen LogP contribution in [-0.4, -0.2) is 21.9 Å². The molecule has 1 aromatic heterocycles. The Balaban J connectivity index is 1.70. The number of anilines is 2. The van der Waals surface area contributed by atoms with Crippen molar-refractivity contribution in [3.63, 3.8) is 0 Å². The topological polar surface area (TPSA) is 66.9 Å². The summed E-state index contributed by atoms with van der Waals surface area (Å²) in [4.78, 5) is 20.5. The van der Waals surface area contributed by atoms with Crippen molar-refractivity contribution in [2.75, 3.05) is 10.6 Å². The predicted molar refractivity (Wildman–Crippen MR) is 96.9 cm³/mol. The molecule has 0 atom stereocenters. The summed E-state index contributed by atoms with van der Waals surface area (Å²) < 4.78 is 39.3. The summed E-state index contributed by atoms with van der Waals surface area (Å²) >= 11 is 5.63. The van der Waals surface area contributed by atoms with Crippen LogP contribution in [0.1, 0.15) is 48.0 Å². The van der Waals surface area contributed by atoms with Gasteiger partial charge in [-0.2, -0.15) is 13.2 Å². The van der Waals surface area contributed by atoms with Crippen molar-refractivity contribution in [3.8, 4) is 0 Å². The average molecular weight is 399 g/mol. The molecule has 1 saturated carbocycles. The lowest BCUT2D eigenvalue weighted by atomic mass is 9.96. The van der Waals surface area contributed by atoms with Gasteiger partial charge in [0, 0.05) is 23.5 Å². The Hall–Kier alpha value is -2.35. The molecule has 1 amide bonds. The van der Waals surface area contributed by atoms with Gasteiger partial charge in [-0.1, -0.05) is 30.9 Å². The molecule has 0 bridgehead atoms. The largest absolute Gasteiger partial charge is 0.418 e. The van der Waals surface area contributed by atoms with Crippen molar-refractivity contribution in [2.24, 2.45) is 0 Å². The number of hydrogen-bond acceptors (Lipinski definition) is 4. The first-order chi connectivity index (χ1) is 12.8. The molecule has 1 aromatic carbocycles. The van der Waals surface area contributed by atoms with Crippen molar-refractivity contribution < 1.29 is 18.0 Å². The van der Waals surface area contributed by atoms with Gasteiger partial charge in [-0.3, -0.25) is 4.79 Å². The summed E-state index contributed by atoms with van der Waals surface area (Å²) in [6, 6.07) is 3.47. The summed E-state index contributed by atoms with van der Waals surface area (Å²) in [5.41, 5.74) is -1.33. The number of hydrogen-bond donors (Lipinski definition) is 2. The summed E-state index contributed by atoms with van der Waals surface area (Å²) in [5.74, 6) is -0.326. The molecular formula is C18H18ClF3N4O. The monoisotopic (exact) mass is 398 g/mol. The zero-order valence-electron chi connectivity index (χ0n) is 14.3. The maximum Gasteiger partial charge on any atom is 0.418 e. The fourth-order valence-corrected chi connectivity index (χ4v) is 3.18. The molecule has 2 aromatic rings. The highest BCUT2D eigenvalue weighted by Gasteiger charge is 2.34. The van der Waals surface area contributed by atoms with Gasteiger partial charge in [0.15, 0.2) is 0 Å². The second-order valence-corrected chi connectivity index (χ2v) is 6.85. The third-order valence-corrected chi connectivity index (χ3v) is 4.62. The molecule has 0 aliphatic heterocycles. The lowest BCUT2D eigenvalue weighted by Crippen LogP contribution is -2.23. The SMILES string of the molecule is O=C(Nc1ccc(Cl)cc1C(F)(F)F)c1cnc(NC2CCCCC2)nc1. The Kier molecular flexibility index (Phi) is 5.84. The number of halogens is 4. The molecule has 2 N–H and O–H groups in total. The van der Waals surface area contributed by atoms with E-state index in [0.717, 1.165) is 37.8 Å². The van der Waals surface area contributed by atoms with E-state index >= 15 is 0 Å². The summed E-state index contributed by atoms with van der Waals surface area (Å²) in [5, 5.41) is 5.39. The van der Waals surface area contributed by atoms with E-state index in [2.05, 4.69) is 20.6 Å². The molecule has 1 aliphatic rings. The van der Waals surface area contributed by atoms with E-state index in [1.807, 2.05) is 0 Å². The van der Waals surface area contributed by atoms with Crippen molar-refractivity contribution >= 4 is 29.1 Å². The van der Waals surface area contributed by atoms with Crippen LogP contribution in [0.25, 0.3) is 0 Å². The Labute approximate surface area is 159 Å². The standard InChI is InChI=1S/C18H18ClF3N4O/c19-12-6-7-15(14(8-12)18(20,21)22)26-16(27)11-9-23-17(24-10-11)25-13-4-2-1-3-5-13/h6-10,13H,1-5H2,(H,26,27)(H,23,24,25). The number of carbonyl (C=O) groups excluding carboxylic acids is 1. The molecular weight excluding hydrogens is 381 g/mol. The van der Waals surface area contributed by atoms with Crippen LogP contribution in [0, 0.1) is 0 Å². The van der Waals surface area contributed by atoms with Crippen molar-refractivity contribution in [2.45, 2.75) is 44.3 Å². The third kappa shape index (κ3) is 5.09. The number of nitrogens with zero attached hydrogens (tertiary/aromatic N) is 2. The van der Waals surface area contributed by atoms with Crippen LogP contribution in [0.5, 0.6) is 0 Å². The zero-order valence-corrected chi connectivity index (χ0v) is 15.1. The van der Waals surface area contributed by atoms with Gasteiger partial charge in [-0.25, -0.2) is 9.97 Å². The molecule has 1 heterocycles. The van der Waals surface area contributed by atoms with E-state index in [9.17, 15) is 18.0 Å². The van der Waals surface area contributed by atoms with E-state index in [1.165, 1.54) is 24.9 Å². The molecule has 0 unspecified atom stereocenters. The summed E-state index contributed by atoms with van der Waals surface area (Å²) in [6.07, 6.45) is 3.56. The van der Waals surface area contributed by atoms with Gasteiger partial charge in [0.1, 0.15) is 0 Å². The number of rotatable bonds is 4. The number of amides is 1. The second-order valence-electron chi connectivity index (χ2n) is 6.42. The van der Waals surface area contributed by atoms with Crippen LogP contribution in [0.2, 0.25) is 5.02 Å². The smallest absolute Gasteiger partial charge is 0.351 e. The van der Waals surface area contributed by atoms with Gasteiger partial charge in [0.05, 0.1) is 16.8 Å². The lowest BCUT2D eigenvalue weighted by molar-refractivity contribution is -0.136. The van der Waals surface area contributed by atoms with Gasteiger partial charge in [-0.05, 0) is 31.0 Å². The van der Waals surface area contributed by atoms with Gasteiger partial charge in [0.25, 0.3) is 5.91 Å². The summed E-state index contributed by atoms with van der Waals surface area (Å²) in [6.45, 7) is 0. The number of nitrogens with one attached hydrogen (secondary N) is 2. The highest BCUT2D eigenvalue weighted by atomic mass is 35.5. The van der Waals surface area contributed by atoms with Gasteiger partial charge in [0.2, 0.25) is 5.95 Å². The van der Waals surface area contributed by atoms with E-state index < -0.39 is 17.6 Å². The maximum atomic E-state index is 13.1. The van der Waals surface area contributed by atoms with E-state index in [4.69, 9.17) is 11.6 Å². The molecule has 5 nitrogen and oxygen atoms in total. The third-order valence-electron chi connectivity index (χ3n) is 4.39. The first kappa shape index (κ1) is 19.4. The second kappa shape index (κ2) is 8.12. The quantitative estimate of drug-likeness (QED) is 0.747. The Morgan fingerprint density at radius 2 is 1.78 bits per heavy atom. The first-order valence-electron chi connectivity index (χ1n) is 8.59. The van der Waals surface area contributed by atoms with Crippen LogP contribution in [-0.2, 0) is 6.18 Å². The van der Waals surface area contributed by atoms with Crippen molar-refractivity contribution in [1.82, 2.24) is 9.97 Å². The van der Waals surface area contributed by atoms with Gasteiger partial charge >= 0.3 is 6.18 Å². The van der Waals surface area contributed by atoms with E-state index in [0.29, 0.717) is 12.0 Å². The molecule has 0 spiro atoms. The number of alkyl halides is 3. The minimum atomic E-state index is -4.64. The van der Waals surface area contributed by atoms with Gasteiger partial charge < -0.3 is 10.6 Å². The average Bonchev–Trinajstić information content (AvgIpc) is 2.64. The molecule has 0 saturated heterocycles. The van der Waals surface area contributed by atoms with Crippen LogP contribution in [0.4, 0.5) is 24.8 Å².